The zero-order chi connectivity index (χ0) is 25.8. The number of hydrogen-bond acceptors (Lipinski definition) is 6. The first kappa shape index (κ1) is 24.8. The first-order chi connectivity index (χ1) is 17.4. The molecule has 0 aromatic heterocycles. The van der Waals surface area contributed by atoms with Crippen LogP contribution in [0.2, 0.25) is 5.02 Å². The van der Waals surface area contributed by atoms with Crippen molar-refractivity contribution in [3.8, 4) is 17.6 Å². The van der Waals surface area contributed by atoms with Crippen LogP contribution < -0.4 is 14.4 Å². The van der Waals surface area contributed by atoms with Crippen molar-refractivity contribution in [1.82, 2.24) is 0 Å². The van der Waals surface area contributed by atoms with E-state index in [0.29, 0.717) is 34.9 Å². The van der Waals surface area contributed by atoms with Gasteiger partial charge in [0.15, 0.2) is 0 Å². The fourth-order valence-electron chi connectivity index (χ4n) is 4.05. The Morgan fingerprint density at radius 3 is 2.36 bits per heavy atom. The van der Waals surface area contributed by atoms with Crippen LogP contribution in [-0.4, -0.2) is 30.5 Å². The number of methoxy groups -OCH3 is 1. The Hall–Kier alpha value is -4.28. The van der Waals surface area contributed by atoms with Gasteiger partial charge < -0.3 is 14.6 Å². The van der Waals surface area contributed by atoms with Gasteiger partial charge in [-0.1, -0.05) is 30.7 Å². The van der Waals surface area contributed by atoms with E-state index in [9.17, 15) is 14.7 Å². The molecule has 1 atom stereocenters. The zero-order valence-corrected chi connectivity index (χ0v) is 20.5. The molecule has 4 rings (SSSR count). The molecule has 0 spiro atoms. The lowest BCUT2D eigenvalue weighted by Crippen LogP contribution is -2.29. The van der Waals surface area contributed by atoms with E-state index in [1.807, 2.05) is 13.0 Å². The van der Waals surface area contributed by atoms with Crippen molar-refractivity contribution in [3.63, 3.8) is 0 Å². The molecule has 1 saturated heterocycles. The molecule has 1 unspecified atom stereocenters. The van der Waals surface area contributed by atoms with Crippen molar-refractivity contribution in [2.24, 2.45) is 0 Å². The van der Waals surface area contributed by atoms with Crippen molar-refractivity contribution in [3.05, 3.63) is 94.0 Å². The maximum absolute atomic E-state index is 13.3. The van der Waals surface area contributed by atoms with E-state index in [1.54, 1.807) is 60.7 Å². The lowest BCUT2D eigenvalue weighted by atomic mass is 9.95. The van der Waals surface area contributed by atoms with Gasteiger partial charge in [0.2, 0.25) is 0 Å². The first-order valence-electron chi connectivity index (χ1n) is 11.3. The Bertz CT molecular complexity index is 1370. The number of amides is 1. The van der Waals surface area contributed by atoms with E-state index < -0.39 is 17.7 Å². The number of carbonyl (C=O) groups is 2. The van der Waals surface area contributed by atoms with Crippen molar-refractivity contribution < 1.29 is 24.2 Å². The van der Waals surface area contributed by atoms with E-state index in [4.69, 9.17) is 26.3 Å². The van der Waals surface area contributed by atoms with Gasteiger partial charge in [-0.2, -0.15) is 5.26 Å². The standard InChI is InChI=1S/C28H23ClN2O5/c1-3-14-36-21-11-6-18(7-12-21)25-24(26(32)19-8-13-23(35-2)22(29)15-19)27(33)28(34)31(25)20-9-4-17(16-30)5-10-20/h4-13,15,25,32H,3,14H2,1-2H3/b26-24-. The summed E-state index contributed by atoms with van der Waals surface area (Å²) < 4.78 is 10.8. The van der Waals surface area contributed by atoms with Gasteiger partial charge in [-0.3, -0.25) is 14.5 Å². The van der Waals surface area contributed by atoms with Gasteiger partial charge in [0, 0.05) is 11.3 Å². The molecule has 0 aliphatic carbocycles. The molecule has 182 valence electrons. The molecule has 3 aromatic carbocycles. The molecule has 3 aromatic rings. The zero-order valence-electron chi connectivity index (χ0n) is 19.7. The highest BCUT2D eigenvalue weighted by atomic mass is 35.5. The normalized spacial score (nSPS) is 16.6. The van der Waals surface area contributed by atoms with Crippen molar-refractivity contribution in [2.75, 3.05) is 18.6 Å². The summed E-state index contributed by atoms with van der Waals surface area (Å²) in [5.74, 6) is -0.925. The summed E-state index contributed by atoms with van der Waals surface area (Å²) >= 11 is 6.25. The average Bonchev–Trinajstić information content (AvgIpc) is 3.17. The molecular formula is C28H23ClN2O5. The number of rotatable bonds is 7. The second-order valence-electron chi connectivity index (χ2n) is 8.09. The van der Waals surface area contributed by atoms with Gasteiger partial charge in [0.1, 0.15) is 17.3 Å². The summed E-state index contributed by atoms with van der Waals surface area (Å²) in [4.78, 5) is 27.9. The number of carbonyl (C=O) groups excluding carboxylic acids is 2. The van der Waals surface area contributed by atoms with Crippen LogP contribution >= 0.6 is 11.6 Å². The highest BCUT2D eigenvalue weighted by Crippen LogP contribution is 2.43. The summed E-state index contributed by atoms with van der Waals surface area (Å²) in [5, 5.41) is 20.7. The molecule has 0 radical (unpaired) electrons. The van der Waals surface area contributed by atoms with Crippen LogP contribution in [0.15, 0.2) is 72.3 Å². The van der Waals surface area contributed by atoms with Crippen LogP contribution in [0.4, 0.5) is 5.69 Å². The number of benzene rings is 3. The quantitative estimate of drug-likeness (QED) is 0.255. The third-order valence-electron chi connectivity index (χ3n) is 5.81. The molecule has 1 heterocycles. The SMILES string of the molecule is CCCOc1ccc(C2/C(=C(/O)c3ccc(OC)c(Cl)c3)C(=O)C(=O)N2c2ccc(C#N)cc2)cc1. The number of ether oxygens (including phenoxy) is 2. The van der Waals surface area contributed by atoms with Crippen molar-refractivity contribution in [1.29, 1.82) is 5.26 Å². The van der Waals surface area contributed by atoms with Crippen molar-refractivity contribution >= 4 is 34.7 Å². The Labute approximate surface area is 213 Å². The van der Waals surface area contributed by atoms with E-state index in [1.165, 1.54) is 18.1 Å². The Morgan fingerprint density at radius 2 is 1.78 bits per heavy atom. The van der Waals surface area contributed by atoms with Crippen molar-refractivity contribution in [2.45, 2.75) is 19.4 Å². The minimum atomic E-state index is -0.918. The Balaban J connectivity index is 1.87. The summed E-state index contributed by atoms with van der Waals surface area (Å²) in [6.45, 7) is 2.56. The van der Waals surface area contributed by atoms with Crippen LogP contribution in [0.1, 0.15) is 36.1 Å². The fourth-order valence-corrected chi connectivity index (χ4v) is 4.30. The predicted octanol–water partition coefficient (Wildman–Crippen LogP) is 5.64. The number of nitrogens with zero attached hydrogens (tertiary/aromatic N) is 2. The number of halogens is 1. The van der Waals surface area contributed by atoms with Gasteiger partial charge in [-0.15, -0.1) is 0 Å². The summed E-state index contributed by atoms with van der Waals surface area (Å²) in [6.07, 6.45) is 0.852. The molecule has 36 heavy (non-hydrogen) atoms. The van der Waals surface area contributed by atoms with Gasteiger partial charge >= 0.3 is 0 Å². The van der Waals surface area contributed by atoms with Crippen LogP contribution in [-0.2, 0) is 9.59 Å². The lowest BCUT2D eigenvalue weighted by Gasteiger charge is -2.25. The first-order valence-corrected chi connectivity index (χ1v) is 11.6. The second kappa shape index (κ2) is 10.5. The Morgan fingerprint density at radius 1 is 1.08 bits per heavy atom. The highest BCUT2D eigenvalue weighted by Gasteiger charge is 2.47. The predicted molar refractivity (Wildman–Crippen MR) is 136 cm³/mol. The van der Waals surface area contributed by atoms with E-state index in [0.717, 1.165) is 6.42 Å². The minimum absolute atomic E-state index is 0.0761. The molecule has 1 aliphatic rings. The molecule has 1 N–H and O–H groups in total. The average molecular weight is 503 g/mol. The van der Waals surface area contributed by atoms with E-state index in [2.05, 4.69) is 0 Å². The minimum Gasteiger partial charge on any atom is -0.507 e. The van der Waals surface area contributed by atoms with E-state index in [-0.39, 0.29) is 21.9 Å². The number of aliphatic hydroxyl groups excluding tert-OH is 1. The summed E-state index contributed by atoms with van der Waals surface area (Å²) in [7, 11) is 1.47. The summed E-state index contributed by atoms with van der Waals surface area (Å²) in [5.41, 5.74) is 1.62. The second-order valence-corrected chi connectivity index (χ2v) is 8.50. The van der Waals surface area contributed by atoms with Crippen LogP contribution in [0.3, 0.4) is 0 Å². The maximum Gasteiger partial charge on any atom is 0.300 e. The maximum atomic E-state index is 13.3. The molecule has 1 fully saturated rings. The molecule has 0 saturated carbocycles. The number of anilines is 1. The number of Topliss-reactive ketones (excluding diaryl/α,β-unsaturated/α-hetero) is 1. The van der Waals surface area contributed by atoms with Gasteiger partial charge in [-0.25, -0.2) is 0 Å². The Kier molecular flexibility index (Phi) is 7.28. The number of hydrogen-bond donors (Lipinski definition) is 1. The number of nitriles is 1. The van der Waals surface area contributed by atoms with Gasteiger partial charge in [0.05, 0.1) is 42.0 Å². The molecule has 7 nitrogen and oxygen atoms in total. The smallest absolute Gasteiger partial charge is 0.300 e. The number of aliphatic hydroxyl groups is 1. The third kappa shape index (κ3) is 4.64. The largest absolute Gasteiger partial charge is 0.507 e. The fraction of sp³-hybridized carbons (Fsp3) is 0.179. The topological polar surface area (TPSA) is 99.9 Å². The highest BCUT2D eigenvalue weighted by molar-refractivity contribution is 6.51. The van der Waals surface area contributed by atoms with Gasteiger partial charge in [0.25, 0.3) is 11.7 Å². The molecule has 0 bridgehead atoms. The summed E-state index contributed by atoms with van der Waals surface area (Å²) in [6, 6.07) is 19.1. The van der Waals surface area contributed by atoms with E-state index >= 15 is 0 Å². The monoisotopic (exact) mass is 502 g/mol. The molecule has 8 heteroatoms. The van der Waals surface area contributed by atoms with Crippen LogP contribution in [0.5, 0.6) is 11.5 Å². The molecule has 1 amide bonds. The van der Waals surface area contributed by atoms with Crippen LogP contribution in [0.25, 0.3) is 5.76 Å². The molecule has 1 aliphatic heterocycles. The van der Waals surface area contributed by atoms with Gasteiger partial charge in [-0.05, 0) is 66.6 Å². The third-order valence-corrected chi connectivity index (χ3v) is 6.11. The van der Waals surface area contributed by atoms with Crippen LogP contribution in [0, 0.1) is 11.3 Å². The molecular weight excluding hydrogens is 480 g/mol. The lowest BCUT2D eigenvalue weighted by molar-refractivity contribution is -0.132. The number of ketones is 1.